The van der Waals surface area contributed by atoms with Crippen LogP contribution in [0, 0.1) is 0 Å². The van der Waals surface area contributed by atoms with Gasteiger partial charge >= 0.3 is 0 Å². The van der Waals surface area contributed by atoms with Gasteiger partial charge in [0.1, 0.15) is 0 Å². The SMILES string of the molecule is O=C(Cc1cccs1)NC[C@@H](c1ccsc1)N1CCCC1. The Morgan fingerprint density at radius 2 is 2.14 bits per heavy atom. The van der Waals surface area contributed by atoms with Gasteiger partial charge in [-0.05, 0) is 59.8 Å². The average molecular weight is 320 g/mol. The quantitative estimate of drug-likeness (QED) is 0.885. The van der Waals surface area contributed by atoms with Crippen molar-refractivity contribution >= 4 is 28.6 Å². The molecule has 0 aromatic carbocycles. The highest BCUT2D eigenvalue weighted by Crippen LogP contribution is 2.26. The molecule has 1 saturated heterocycles. The number of carbonyl (C=O) groups excluding carboxylic acids is 1. The Balaban J connectivity index is 1.58. The number of amides is 1. The van der Waals surface area contributed by atoms with Crippen LogP contribution in [0.3, 0.4) is 0 Å². The van der Waals surface area contributed by atoms with E-state index in [1.54, 1.807) is 22.7 Å². The molecule has 0 aliphatic carbocycles. The molecule has 0 spiro atoms. The fourth-order valence-electron chi connectivity index (χ4n) is 2.82. The third kappa shape index (κ3) is 3.93. The topological polar surface area (TPSA) is 32.3 Å². The molecule has 3 nitrogen and oxygen atoms in total. The summed E-state index contributed by atoms with van der Waals surface area (Å²) in [5.41, 5.74) is 1.33. The third-order valence-corrected chi connectivity index (χ3v) is 5.49. The van der Waals surface area contributed by atoms with Crippen molar-refractivity contribution in [3.8, 4) is 0 Å². The summed E-state index contributed by atoms with van der Waals surface area (Å²) in [6, 6.07) is 6.51. The smallest absolute Gasteiger partial charge is 0.225 e. The van der Waals surface area contributed by atoms with Crippen LogP contribution in [0.4, 0.5) is 0 Å². The van der Waals surface area contributed by atoms with Gasteiger partial charge in [-0.15, -0.1) is 11.3 Å². The molecule has 1 amide bonds. The summed E-state index contributed by atoms with van der Waals surface area (Å²) in [5.74, 6) is 0.122. The molecule has 1 aliphatic rings. The monoisotopic (exact) mass is 320 g/mol. The van der Waals surface area contributed by atoms with Crippen LogP contribution in [0.2, 0.25) is 0 Å². The molecule has 3 heterocycles. The first kappa shape index (κ1) is 14.8. The minimum absolute atomic E-state index is 0.122. The van der Waals surface area contributed by atoms with Crippen molar-refractivity contribution in [2.75, 3.05) is 19.6 Å². The predicted octanol–water partition coefficient (Wildman–Crippen LogP) is 3.31. The lowest BCUT2D eigenvalue weighted by atomic mass is 10.1. The molecular weight excluding hydrogens is 300 g/mol. The second-order valence-corrected chi connectivity index (χ2v) is 7.19. The van der Waals surface area contributed by atoms with Crippen LogP contribution in [0.15, 0.2) is 34.3 Å². The fourth-order valence-corrected chi connectivity index (χ4v) is 4.23. The zero-order valence-electron chi connectivity index (χ0n) is 12.0. The maximum absolute atomic E-state index is 12.1. The number of rotatable bonds is 6. The van der Waals surface area contributed by atoms with Crippen molar-refractivity contribution in [2.24, 2.45) is 0 Å². The summed E-state index contributed by atoms with van der Waals surface area (Å²) < 4.78 is 0. The standard InChI is InChI=1S/C16H20N2OS2/c19-16(10-14-4-3-8-21-14)17-11-15(13-5-9-20-12-13)18-6-1-2-7-18/h3-5,8-9,12,15H,1-2,6-7,10-11H2,(H,17,19)/t15-/m0/s1. The van der Waals surface area contributed by atoms with Gasteiger partial charge < -0.3 is 5.32 Å². The third-order valence-electron chi connectivity index (χ3n) is 3.92. The molecule has 21 heavy (non-hydrogen) atoms. The van der Waals surface area contributed by atoms with E-state index in [0.29, 0.717) is 19.0 Å². The van der Waals surface area contributed by atoms with Crippen molar-refractivity contribution in [1.82, 2.24) is 10.2 Å². The first-order valence-electron chi connectivity index (χ1n) is 7.38. The van der Waals surface area contributed by atoms with Gasteiger partial charge in [0.05, 0.1) is 12.5 Å². The van der Waals surface area contributed by atoms with Crippen LogP contribution >= 0.6 is 22.7 Å². The van der Waals surface area contributed by atoms with E-state index < -0.39 is 0 Å². The molecule has 1 aliphatic heterocycles. The Bertz CT molecular complexity index is 545. The molecule has 2 aromatic rings. The van der Waals surface area contributed by atoms with Gasteiger partial charge in [0.2, 0.25) is 5.91 Å². The number of nitrogens with zero attached hydrogens (tertiary/aromatic N) is 1. The van der Waals surface area contributed by atoms with Crippen molar-refractivity contribution in [1.29, 1.82) is 0 Å². The van der Waals surface area contributed by atoms with Crippen molar-refractivity contribution in [3.63, 3.8) is 0 Å². The highest BCUT2D eigenvalue weighted by atomic mass is 32.1. The van der Waals surface area contributed by atoms with Crippen molar-refractivity contribution in [3.05, 3.63) is 44.8 Å². The molecule has 5 heteroatoms. The second kappa shape index (κ2) is 7.20. The molecule has 1 fully saturated rings. The Kier molecular flexibility index (Phi) is 5.06. The van der Waals surface area contributed by atoms with Gasteiger partial charge in [0, 0.05) is 11.4 Å². The number of likely N-dealkylation sites (tertiary alicyclic amines) is 1. The molecule has 0 unspecified atom stereocenters. The zero-order valence-corrected chi connectivity index (χ0v) is 13.6. The molecule has 0 bridgehead atoms. The molecule has 0 radical (unpaired) electrons. The maximum Gasteiger partial charge on any atom is 0.225 e. The summed E-state index contributed by atoms with van der Waals surface area (Å²) in [7, 11) is 0. The molecular formula is C16H20N2OS2. The molecule has 1 atom stereocenters. The van der Waals surface area contributed by atoms with E-state index in [4.69, 9.17) is 0 Å². The fraction of sp³-hybridized carbons (Fsp3) is 0.438. The predicted molar refractivity (Wildman–Crippen MR) is 88.9 cm³/mol. The van der Waals surface area contributed by atoms with E-state index in [1.165, 1.54) is 18.4 Å². The molecule has 112 valence electrons. The minimum Gasteiger partial charge on any atom is -0.354 e. The number of nitrogens with one attached hydrogen (secondary N) is 1. The summed E-state index contributed by atoms with van der Waals surface area (Å²) in [6.07, 6.45) is 3.03. The minimum atomic E-state index is 0.122. The van der Waals surface area contributed by atoms with E-state index in [1.807, 2.05) is 17.5 Å². The molecule has 0 saturated carbocycles. The second-order valence-electron chi connectivity index (χ2n) is 5.38. The lowest BCUT2D eigenvalue weighted by molar-refractivity contribution is -0.120. The van der Waals surface area contributed by atoms with Gasteiger partial charge in [0.25, 0.3) is 0 Å². The summed E-state index contributed by atoms with van der Waals surface area (Å²) >= 11 is 3.37. The Morgan fingerprint density at radius 3 is 2.81 bits per heavy atom. The number of thiophene rings is 2. The maximum atomic E-state index is 12.1. The van der Waals surface area contributed by atoms with E-state index in [9.17, 15) is 4.79 Å². The van der Waals surface area contributed by atoms with E-state index in [0.717, 1.165) is 18.0 Å². The van der Waals surface area contributed by atoms with E-state index in [-0.39, 0.29) is 5.91 Å². The lowest BCUT2D eigenvalue weighted by Gasteiger charge is -2.27. The number of hydrogen-bond donors (Lipinski definition) is 1. The van der Waals surface area contributed by atoms with Crippen LogP contribution in [-0.2, 0) is 11.2 Å². The average Bonchev–Trinajstić information content (AvgIpc) is 3.23. The van der Waals surface area contributed by atoms with Crippen molar-refractivity contribution in [2.45, 2.75) is 25.3 Å². The molecule has 2 aromatic heterocycles. The zero-order chi connectivity index (χ0) is 14.5. The van der Waals surface area contributed by atoms with Gasteiger partial charge in [0.15, 0.2) is 0 Å². The largest absolute Gasteiger partial charge is 0.354 e. The van der Waals surface area contributed by atoms with Gasteiger partial charge in [-0.3, -0.25) is 9.69 Å². The highest BCUT2D eigenvalue weighted by Gasteiger charge is 2.24. The molecule has 3 rings (SSSR count). The van der Waals surface area contributed by atoms with Gasteiger partial charge in [-0.2, -0.15) is 11.3 Å². The Labute approximate surface area is 133 Å². The first-order valence-corrected chi connectivity index (χ1v) is 9.20. The van der Waals surface area contributed by atoms with Crippen LogP contribution in [0.5, 0.6) is 0 Å². The van der Waals surface area contributed by atoms with E-state index in [2.05, 4.69) is 27.0 Å². The lowest BCUT2D eigenvalue weighted by Crippen LogP contribution is -2.37. The first-order chi connectivity index (χ1) is 10.3. The summed E-state index contributed by atoms with van der Waals surface area (Å²) in [4.78, 5) is 15.7. The summed E-state index contributed by atoms with van der Waals surface area (Å²) in [6.45, 7) is 2.99. The Hall–Kier alpha value is -1.17. The van der Waals surface area contributed by atoms with E-state index >= 15 is 0 Å². The van der Waals surface area contributed by atoms with Gasteiger partial charge in [-0.25, -0.2) is 0 Å². The summed E-state index contributed by atoms with van der Waals surface area (Å²) in [5, 5.41) is 9.45. The molecule has 1 N–H and O–H groups in total. The van der Waals surface area contributed by atoms with Gasteiger partial charge in [-0.1, -0.05) is 6.07 Å². The highest BCUT2D eigenvalue weighted by molar-refractivity contribution is 7.10. The van der Waals surface area contributed by atoms with Crippen LogP contribution in [-0.4, -0.2) is 30.4 Å². The number of hydrogen-bond acceptors (Lipinski definition) is 4. The number of carbonyl (C=O) groups is 1. The van der Waals surface area contributed by atoms with Crippen LogP contribution in [0.25, 0.3) is 0 Å². The van der Waals surface area contributed by atoms with Crippen molar-refractivity contribution < 1.29 is 4.79 Å². The van der Waals surface area contributed by atoms with Crippen LogP contribution < -0.4 is 5.32 Å². The van der Waals surface area contributed by atoms with Crippen LogP contribution in [0.1, 0.15) is 29.3 Å². The normalized spacial score (nSPS) is 17.0. The Morgan fingerprint density at radius 1 is 1.29 bits per heavy atom.